The van der Waals surface area contributed by atoms with Crippen LogP contribution in [0.1, 0.15) is 13.8 Å². The van der Waals surface area contributed by atoms with E-state index in [2.05, 4.69) is 36.2 Å². The minimum Gasteiger partial charge on any atom is -0.374 e. The summed E-state index contributed by atoms with van der Waals surface area (Å²) in [4.78, 5) is 6.24. The molecule has 0 aromatic carbocycles. The SMILES string of the molecule is CC(C)CN(C)c1ccnc(NN)c1. The quantitative estimate of drug-likeness (QED) is 0.563. The van der Waals surface area contributed by atoms with Gasteiger partial charge in [-0.1, -0.05) is 13.8 Å². The maximum atomic E-state index is 5.29. The minimum absolute atomic E-state index is 0.641. The second-order valence-corrected chi connectivity index (χ2v) is 3.82. The Labute approximate surface area is 85.1 Å². The number of pyridine rings is 1. The molecule has 0 saturated carbocycles. The lowest BCUT2D eigenvalue weighted by Gasteiger charge is -2.21. The first kappa shape index (κ1) is 10.8. The third-order valence-corrected chi connectivity index (χ3v) is 1.97. The molecule has 1 rings (SSSR count). The summed E-state index contributed by atoms with van der Waals surface area (Å²) in [5, 5.41) is 0. The highest BCUT2D eigenvalue weighted by Crippen LogP contribution is 2.16. The normalized spacial score (nSPS) is 10.4. The molecule has 0 aliphatic heterocycles. The third-order valence-electron chi connectivity index (χ3n) is 1.97. The van der Waals surface area contributed by atoms with Crippen molar-refractivity contribution in [3.05, 3.63) is 18.3 Å². The number of nitrogen functional groups attached to an aromatic ring is 1. The molecule has 4 nitrogen and oxygen atoms in total. The van der Waals surface area contributed by atoms with E-state index in [0.29, 0.717) is 11.7 Å². The number of anilines is 2. The average Bonchev–Trinajstić information content (AvgIpc) is 2.17. The second-order valence-electron chi connectivity index (χ2n) is 3.82. The maximum Gasteiger partial charge on any atom is 0.141 e. The molecule has 0 radical (unpaired) electrons. The fourth-order valence-electron chi connectivity index (χ4n) is 1.39. The predicted molar refractivity (Wildman–Crippen MR) is 60.2 cm³/mol. The van der Waals surface area contributed by atoms with E-state index in [9.17, 15) is 0 Å². The number of hydrogen-bond donors (Lipinski definition) is 2. The number of nitrogens with one attached hydrogen (secondary N) is 1. The van der Waals surface area contributed by atoms with Gasteiger partial charge < -0.3 is 10.3 Å². The number of hydrogen-bond acceptors (Lipinski definition) is 4. The summed E-state index contributed by atoms with van der Waals surface area (Å²) in [6.07, 6.45) is 1.75. The van der Waals surface area contributed by atoms with E-state index in [4.69, 9.17) is 5.84 Å². The lowest BCUT2D eigenvalue weighted by Crippen LogP contribution is -2.22. The van der Waals surface area contributed by atoms with Crippen molar-refractivity contribution in [3.8, 4) is 0 Å². The molecule has 4 heteroatoms. The van der Waals surface area contributed by atoms with Crippen LogP contribution in [0.3, 0.4) is 0 Å². The van der Waals surface area contributed by atoms with Crippen LogP contribution in [-0.4, -0.2) is 18.6 Å². The Bertz CT molecular complexity index is 285. The summed E-state index contributed by atoms with van der Waals surface area (Å²) in [6, 6.07) is 3.91. The van der Waals surface area contributed by atoms with Crippen LogP contribution in [0.15, 0.2) is 18.3 Å². The van der Waals surface area contributed by atoms with Crippen LogP contribution in [0.5, 0.6) is 0 Å². The van der Waals surface area contributed by atoms with Crippen molar-refractivity contribution in [1.82, 2.24) is 4.98 Å². The molecule has 0 spiro atoms. The minimum atomic E-state index is 0.641. The van der Waals surface area contributed by atoms with Crippen molar-refractivity contribution >= 4 is 11.5 Å². The van der Waals surface area contributed by atoms with E-state index in [0.717, 1.165) is 12.2 Å². The summed E-state index contributed by atoms with van der Waals surface area (Å²) in [5.74, 6) is 6.62. The molecule has 0 aliphatic rings. The van der Waals surface area contributed by atoms with Crippen molar-refractivity contribution in [2.24, 2.45) is 11.8 Å². The van der Waals surface area contributed by atoms with Gasteiger partial charge in [-0.2, -0.15) is 0 Å². The van der Waals surface area contributed by atoms with Gasteiger partial charge >= 0.3 is 0 Å². The van der Waals surface area contributed by atoms with Gasteiger partial charge in [0.25, 0.3) is 0 Å². The summed E-state index contributed by atoms with van der Waals surface area (Å²) in [5.41, 5.74) is 3.66. The van der Waals surface area contributed by atoms with Crippen LogP contribution >= 0.6 is 0 Å². The van der Waals surface area contributed by atoms with Crippen molar-refractivity contribution in [2.75, 3.05) is 23.9 Å². The highest BCUT2D eigenvalue weighted by Gasteiger charge is 2.03. The van der Waals surface area contributed by atoms with Gasteiger partial charge in [0.1, 0.15) is 5.82 Å². The Morgan fingerprint density at radius 2 is 2.29 bits per heavy atom. The monoisotopic (exact) mass is 194 g/mol. The van der Waals surface area contributed by atoms with E-state index in [1.54, 1.807) is 6.20 Å². The van der Waals surface area contributed by atoms with Crippen molar-refractivity contribution in [1.29, 1.82) is 0 Å². The zero-order chi connectivity index (χ0) is 10.6. The first-order valence-corrected chi connectivity index (χ1v) is 4.77. The molecule has 0 aliphatic carbocycles. The molecule has 1 aromatic rings. The number of nitrogens with zero attached hydrogens (tertiary/aromatic N) is 2. The van der Waals surface area contributed by atoms with E-state index in [-0.39, 0.29) is 0 Å². The first-order valence-electron chi connectivity index (χ1n) is 4.77. The smallest absolute Gasteiger partial charge is 0.141 e. The van der Waals surface area contributed by atoms with Crippen molar-refractivity contribution < 1.29 is 0 Å². The van der Waals surface area contributed by atoms with Crippen LogP contribution in [-0.2, 0) is 0 Å². The fourth-order valence-corrected chi connectivity index (χ4v) is 1.39. The second kappa shape index (κ2) is 4.81. The topological polar surface area (TPSA) is 54.2 Å². The van der Waals surface area contributed by atoms with Crippen LogP contribution in [0.4, 0.5) is 11.5 Å². The fraction of sp³-hybridized carbons (Fsp3) is 0.500. The molecule has 1 aromatic heterocycles. The van der Waals surface area contributed by atoms with Crippen molar-refractivity contribution in [2.45, 2.75) is 13.8 Å². The molecule has 14 heavy (non-hydrogen) atoms. The molecule has 0 amide bonds. The number of nitrogens with two attached hydrogens (primary N) is 1. The van der Waals surface area contributed by atoms with Gasteiger partial charge in [0.05, 0.1) is 0 Å². The van der Waals surface area contributed by atoms with Gasteiger partial charge in [0.15, 0.2) is 0 Å². The summed E-state index contributed by atoms with van der Waals surface area (Å²) in [6.45, 7) is 5.41. The molecule has 0 unspecified atom stereocenters. The number of aromatic nitrogens is 1. The van der Waals surface area contributed by atoms with Gasteiger partial charge in [-0.25, -0.2) is 10.8 Å². The Morgan fingerprint density at radius 1 is 1.57 bits per heavy atom. The highest BCUT2D eigenvalue weighted by molar-refractivity contribution is 5.52. The Hall–Kier alpha value is -1.29. The van der Waals surface area contributed by atoms with Gasteiger partial charge in [0.2, 0.25) is 0 Å². The van der Waals surface area contributed by atoms with E-state index in [1.165, 1.54) is 0 Å². The summed E-state index contributed by atoms with van der Waals surface area (Å²) < 4.78 is 0. The lowest BCUT2D eigenvalue weighted by molar-refractivity contribution is 0.638. The van der Waals surface area contributed by atoms with Gasteiger partial charge in [0, 0.05) is 31.5 Å². The van der Waals surface area contributed by atoms with E-state index >= 15 is 0 Å². The molecular formula is C10H18N4. The highest BCUT2D eigenvalue weighted by atomic mass is 15.2. The maximum absolute atomic E-state index is 5.29. The molecule has 0 bridgehead atoms. The molecule has 0 atom stereocenters. The van der Waals surface area contributed by atoms with E-state index in [1.807, 2.05) is 12.1 Å². The lowest BCUT2D eigenvalue weighted by atomic mass is 10.2. The summed E-state index contributed by atoms with van der Waals surface area (Å²) >= 11 is 0. The van der Waals surface area contributed by atoms with Gasteiger partial charge in [-0.3, -0.25) is 0 Å². The predicted octanol–water partition coefficient (Wildman–Crippen LogP) is 1.46. The van der Waals surface area contributed by atoms with Crippen LogP contribution in [0.2, 0.25) is 0 Å². The Kier molecular flexibility index (Phi) is 3.71. The standard InChI is InChI=1S/C10H18N4/c1-8(2)7-14(3)9-4-5-12-10(6-9)13-11/h4-6,8H,7,11H2,1-3H3,(H,12,13). The molecule has 0 fully saturated rings. The van der Waals surface area contributed by atoms with Gasteiger partial charge in [-0.15, -0.1) is 0 Å². The zero-order valence-electron chi connectivity index (χ0n) is 8.99. The molecular weight excluding hydrogens is 176 g/mol. The average molecular weight is 194 g/mol. The Balaban J connectivity index is 2.73. The number of hydrazine groups is 1. The first-order chi connectivity index (χ1) is 6.63. The number of rotatable bonds is 4. The van der Waals surface area contributed by atoms with Crippen LogP contribution < -0.4 is 16.2 Å². The largest absolute Gasteiger partial charge is 0.374 e. The Morgan fingerprint density at radius 3 is 2.86 bits per heavy atom. The molecule has 78 valence electrons. The van der Waals surface area contributed by atoms with Crippen LogP contribution in [0.25, 0.3) is 0 Å². The van der Waals surface area contributed by atoms with Gasteiger partial charge in [-0.05, 0) is 12.0 Å². The zero-order valence-corrected chi connectivity index (χ0v) is 8.99. The third kappa shape index (κ3) is 2.88. The van der Waals surface area contributed by atoms with E-state index < -0.39 is 0 Å². The van der Waals surface area contributed by atoms with Crippen molar-refractivity contribution in [3.63, 3.8) is 0 Å². The summed E-state index contributed by atoms with van der Waals surface area (Å²) in [7, 11) is 2.07. The molecule has 0 saturated heterocycles. The van der Waals surface area contributed by atoms with Crippen LogP contribution in [0, 0.1) is 5.92 Å². The molecule has 1 heterocycles. The molecule has 3 N–H and O–H groups in total.